The first-order chi connectivity index (χ1) is 12.4. The Bertz CT molecular complexity index is 843. The molecule has 0 heterocycles. The summed E-state index contributed by atoms with van der Waals surface area (Å²) < 4.78 is 15.7. The summed E-state index contributed by atoms with van der Waals surface area (Å²) >= 11 is 0. The molecule has 2 aromatic carbocycles. The maximum Gasteiger partial charge on any atom is 0.335 e. The lowest BCUT2D eigenvalue weighted by atomic mass is 10.0. The lowest BCUT2D eigenvalue weighted by Crippen LogP contribution is -2.01. The minimum Gasteiger partial charge on any atom is -0.507 e. The quantitative estimate of drug-likeness (QED) is 0.579. The predicted octanol–water partition coefficient (Wildman–Crippen LogP) is 3.01. The van der Waals surface area contributed by atoms with Gasteiger partial charge in [0.15, 0.2) is 17.3 Å². The second-order valence-electron chi connectivity index (χ2n) is 5.19. The van der Waals surface area contributed by atoms with Gasteiger partial charge in [0.2, 0.25) is 5.75 Å². The number of carbonyl (C=O) groups excluding carboxylic acids is 1. The van der Waals surface area contributed by atoms with Gasteiger partial charge in [0.25, 0.3) is 0 Å². The molecule has 7 nitrogen and oxygen atoms in total. The highest BCUT2D eigenvalue weighted by Crippen LogP contribution is 2.38. The van der Waals surface area contributed by atoms with E-state index >= 15 is 0 Å². The van der Waals surface area contributed by atoms with Crippen LogP contribution >= 0.6 is 0 Å². The maximum atomic E-state index is 12.3. The first-order valence-electron chi connectivity index (χ1n) is 7.50. The van der Waals surface area contributed by atoms with Crippen molar-refractivity contribution in [3.8, 4) is 23.0 Å². The number of carbonyl (C=O) groups is 2. The molecule has 0 spiro atoms. The fraction of sp³-hybridized carbons (Fsp3) is 0.158. The summed E-state index contributed by atoms with van der Waals surface area (Å²) in [6, 6.07) is 6.82. The SMILES string of the molecule is COc1cc(/C=C/C(=O)c2cc(C(=O)O)ccc2O)cc(OC)c1OC. The molecular weight excluding hydrogens is 340 g/mol. The van der Waals surface area contributed by atoms with Crippen LogP contribution in [0.2, 0.25) is 0 Å². The molecule has 0 aliphatic carbocycles. The van der Waals surface area contributed by atoms with Crippen molar-refractivity contribution in [3.05, 3.63) is 53.1 Å². The first kappa shape index (κ1) is 18.9. The van der Waals surface area contributed by atoms with Crippen molar-refractivity contribution in [2.75, 3.05) is 21.3 Å². The third-order valence-electron chi connectivity index (χ3n) is 3.62. The Hall–Kier alpha value is -3.48. The zero-order valence-electron chi connectivity index (χ0n) is 14.5. The summed E-state index contributed by atoms with van der Waals surface area (Å²) in [6.07, 6.45) is 2.72. The summed E-state index contributed by atoms with van der Waals surface area (Å²) in [5.41, 5.74) is 0.405. The van der Waals surface area contributed by atoms with Crippen LogP contribution in [0.25, 0.3) is 6.08 Å². The van der Waals surface area contributed by atoms with Crippen LogP contribution in [0, 0.1) is 0 Å². The minimum atomic E-state index is -1.19. The predicted molar refractivity (Wildman–Crippen MR) is 94.5 cm³/mol. The molecule has 0 radical (unpaired) electrons. The molecule has 0 fully saturated rings. The summed E-state index contributed by atoms with van der Waals surface area (Å²) in [5, 5.41) is 18.8. The van der Waals surface area contributed by atoms with Crippen LogP contribution in [-0.4, -0.2) is 43.3 Å². The number of benzene rings is 2. The van der Waals surface area contributed by atoms with Crippen molar-refractivity contribution in [2.45, 2.75) is 0 Å². The number of phenolic OH excluding ortho intramolecular Hbond substituents is 1. The monoisotopic (exact) mass is 358 g/mol. The normalized spacial score (nSPS) is 10.6. The first-order valence-corrected chi connectivity index (χ1v) is 7.50. The van der Waals surface area contributed by atoms with E-state index in [1.807, 2.05) is 0 Å². The molecule has 0 amide bonds. The molecule has 0 bridgehead atoms. The van der Waals surface area contributed by atoms with E-state index in [2.05, 4.69) is 0 Å². The van der Waals surface area contributed by atoms with E-state index in [9.17, 15) is 14.7 Å². The topological polar surface area (TPSA) is 102 Å². The van der Waals surface area contributed by atoms with E-state index in [1.54, 1.807) is 12.1 Å². The highest BCUT2D eigenvalue weighted by atomic mass is 16.5. The van der Waals surface area contributed by atoms with Crippen molar-refractivity contribution in [2.24, 2.45) is 0 Å². The molecule has 0 saturated heterocycles. The highest BCUT2D eigenvalue weighted by molar-refractivity contribution is 6.09. The molecule has 26 heavy (non-hydrogen) atoms. The number of rotatable bonds is 7. The standard InChI is InChI=1S/C19H18O7/c1-24-16-8-11(9-17(25-2)18(16)26-3)4-6-14(20)13-10-12(19(22)23)5-7-15(13)21/h4-10,21H,1-3H3,(H,22,23)/b6-4+. The second kappa shape index (κ2) is 8.06. The molecular formula is C19H18O7. The Kier molecular flexibility index (Phi) is 5.85. The molecule has 0 aliphatic rings. The van der Waals surface area contributed by atoms with E-state index in [0.717, 1.165) is 6.07 Å². The van der Waals surface area contributed by atoms with Crippen molar-refractivity contribution >= 4 is 17.8 Å². The number of aromatic hydroxyl groups is 1. The van der Waals surface area contributed by atoms with E-state index in [0.29, 0.717) is 22.8 Å². The van der Waals surface area contributed by atoms with E-state index in [1.165, 1.54) is 45.6 Å². The molecule has 0 saturated carbocycles. The maximum absolute atomic E-state index is 12.3. The summed E-state index contributed by atoms with van der Waals surface area (Å²) in [4.78, 5) is 23.3. The van der Waals surface area contributed by atoms with Crippen molar-refractivity contribution < 1.29 is 34.0 Å². The minimum absolute atomic E-state index is 0.0904. The Morgan fingerprint density at radius 1 is 0.962 bits per heavy atom. The number of ketones is 1. The average molecular weight is 358 g/mol. The fourth-order valence-electron chi connectivity index (χ4n) is 2.33. The summed E-state index contributed by atoms with van der Waals surface area (Å²) in [6.45, 7) is 0. The van der Waals surface area contributed by atoms with E-state index in [4.69, 9.17) is 19.3 Å². The number of hydrogen-bond donors (Lipinski definition) is 2. The number of ether oxygens (including phenoxy) is 3. The van der Waals surface area contributed by atoms with Gasteiger partial charge in [0.05, 0.1) is 32.5 Å². The molecule has 0 atom stereocenters. The van der Waals surface area contributed by atoms with Gasteiger partial charge in [-0.25, -0.2) is 4.79 Å². The van der Waals surface area contributed by atoms with Crippen LogP contribution in [0.15, 0.2) is 36.4 Å². The van der Waals surface area contributed by atoms with Gasteiger partial charge in [-0.15, -0.1) is 0 Å². The Labute approximate surface area is 150 Å². The van der Waals surface area contributed by atoms with E-state index < -0.39 is 11.8 Å². The zero-order valence-corrected chi connectivity index (χ0v) is 14.5. The lowest BCUT2D eigenvalue weighted by Gasteiger charge is -2.12. The molecule has 0 unspecified atom stereocenters. The van der Waals surface area contributed by atoms with Crippen LogP contribution < -0.4 is 14.2 Å². The number of carboxylic acids is 1. The average Bonchev–Trinajstić information content (AvgIpc) is 2.65. The second-order valence-corrected chi connectivity index (χ2v) is 5.19. The van der Waals surface area contributed by atoms with Crippen molar-refractivity contribution in [1.29, 1.82) is 0 Å². The van der Waals surface area contributed by atoms with Gasteiger partial charge in [-0.1, -0.05) is 6.08 Å². The molecule has 7 heteroatoms. The van der Waals surface area contributed by atoms with Gasteiger partial charge < -0.3 is 24.4 Å². The van der Waals surface area contributed by atoms with E-state index in [-0.39, 0.29) is 16.9 Å². The number of aromatic carboxylic acids is 1. The smallest absolute Gasteiger partial charge is 0.335 e. The Morgan fingerprint density at radius 3 is 2.08 bits per heavy atom. The third kappa shape index (κ3) is 3.94. The fourth-order valence-corrected chi connectivity index (χ4v) is 2.33. The molecule has 0 aliphatic heterocycles. The third-order valence-corrected chi connectivity index (χ3v) is 3.62. The summed E-state index contributed by atoms with van der Waals surface area (Å²) in [7, 11) is 4.44. The van der Waals surface area contributed by atoms with Gasteiger partial charge in [0, 0.05) is 0 Å². The highest BCUT2D eigenvalue weighted by Gasteiger charge is 2.14. The molecule has 2 N–H and O–H groups in total. The largest absolute Gasteiger partial charge is 0.507 e. The Balaban J connectivity index is 2.37. The van der Waals surface area contributed by atoms with Gasteiger partial charge in [-0.2, -0.15) is 0 Å². The lowest BCUT2D eigenvalue weighted by molar-refractivity contribution is 0.0697. The molecule has 2 aromatic rings. The van der Waals surface area contributed by atoms with Crippen LogP contribution in [0.5, 0.6) is 23.0 Å². The number of methoxy groups -OCH3 is 3. The van der Waals surface area contributed by atoms with Gasteiger partial charge >= 0.3 is 5.97 Å². The van der Waals surface area contributed by atoms with Crippen LogP contribution in [0.4, 0.5) is 0 Å². The van der Waals surface area contributed by atoms with Crippen LogP contribution in [0.3, 0.4) is 0 Å². The van der Waals surface area contributed by atoms with Gasteiger partial charge in [-0.05, 0) is 42.0 Å². The molecule has 2 rings (SSSR count). The molecule has 136 valence electrons. The van der Waals surface area contributed by atoms with Gasteiger partial charge in [-0.3, -0.25) is 4.79 Å². The molecule has 0 aromatic heterocycles. The van der Waals surface area contributed by atoms with Crippen LogP contribution in [0.1, 0.15) is 26.3 Å². The zero-order chi connectivity index (χ0) is 19.3. The summed E-state index contributed by atoms with van der Waals surface area (Å²) in [5.74, 6) is -0.754. The number of carboxylic acid groups (broad SMARTS) is 1. The Morgan fingerprint density at radius 2 is 1.58 bits per heavy atom. The number of allylic oxidation sites excluding steroid dienone is 1. The van der Waals surface area contributed by atoms with Crippen molar-refractivity contribution in [3.63, 3.8) is 0 Å². The van der Waals surface area contributed by atoms with Crippen molar-refractivity contribution in [1.82, 2.24) is 0 Å². The number of hydrogen-bond acceptors (Lipinski definition) is 6. The number of phenols is 1. The van der Waals surface area contributed by atoms with Gasteiger partial charge in [0.1, 0.15) is 5.75 Å². The van der Waals surface area contributed by atoms with Crippen LogP contribution in [-0.2, 0) is 0 Å².